The van der Waals surface area contributed by atoms with Gasteiger partial charge in [0.05, 0.1) is 43.4 Å². The van der Waals surface area contributed by atoms with Crippen molar-refractivity contribution in [3.05, 3.63) is 11.1 Å². The number of hydrogen-bond donors (Lipinski definition) is 5. The van der Waals surface area contributed by atoms with Crippen molar-refractivity contribution in [3.63, 3.8) is 0 Å². The van der Waals surface area contributed by atoms with Crippen LogP contribution in [0.3, 0.4) is 0 Å². The summed E-state index contributed by atoms with van der Waals surface area (Å²) in [5.41, 5.74) is -2.53. The molecule has 0 aromatic heterocycles. The number of amides is 1. The Labute approximate surface area is 339 Å². The minimum atomic E-state index is -1.81. The van der Waals surface area contributed by atoms with Crippen LogP contribution in [0.15, 0.2) is 11.1 Å². The standard InChI is InChI=1S/C44H71NO12/c1-23(2)35(38(51)54-12)45-33(48)21-41(8,53)22-34(49)56-29-20-42(9)28-19-31(47)44(11)26(25-13-16-32(40(6,7)52)57-37(25)50)17-18-43(44,10)27(28)14-15-30(42)39(4,5)36(29)55-24(3)46/h23,25-26,29-32,35-37,47,50,52-53H,13-22H2,1-12H3,(H,45,48)/t25-,26-,29-,30?,31+,32-,35?,36+,37?,41?,42-,43+,44+/m1/s1. The van der Waals surface area contributed by atoms with Crippen LogP contribution in [0.5, 0.6) is 0 Å². The van der Waals surface area contributed by atoms with Gasteiger partial charge in [-0.3, -0.25) is 14.4 Å². The van der Waals surface area contributed by atoms with E-state index < -0.39 is 101 Å². The maximum absolute atomic E-state index is 13.7. The molecule has 1 heterocycles. The second-order valence-electron chi connectivity index (χ2n) is 20.6. The van der Waals surface area contributed by atoms with E-state index in [2.05, 4.69) is 26.1 Å². The summed E-state index contributed by atoms with van der Waals surface area (Å²) in [5.74, 6) is -2.94. The highest BCUT2D eigenvalue weighted by molar-refractivity contribution is 5.85. The average molecular weight is 806 g/mol. The number of ether oxygens (including phenoxy) is 4. The predicted molar refractivity (Wildman–Crippen MR) is 210 cm³/mol. The van der Waals surface area contributed by atoms with Crippen LogP contribution in [-0.4, -0.2) is 99.3 Å². The Morgan fingerprint density at radius 2 is 1.58 bits per heavy atom. The van der Waals surface area contributed by atoms with Crippen molar-refractivity contribution in [1.29, 1.82) is 0 Å². The maximum atomic E-state index is 13.7. The molecule has 324 valence electrons. The molecular formula is C44H71NO12. The summed E-state index contributed by atoms with van der Waals surface area (Å²) in [6.45, 7) is 20.3. The molecule has 5 rings (SSSR count). The normalized spacial score (nSPS) is 39.2. The first-order valence-electron chi connectivity index (χ1n) is 21.1. The molecule has 1 saturated heterocycles. The van der Waals surface area contributed by atoms with E-state index in [1.807, 2.05) is 13.8 Å². The van der Waals surface area contributed by atoms with Crippen LogP contribution in [0, 0.1) is 45.3 Å². The molecule has 0 bridgehead atoms. The molecule has 0 radical (unpaired) electrons. The maximum Gasteiger partial charge on any atom is 0.328 e. The number of esters is 3. The van der Waals surface area contributed by atoms with Gasteiger partial charge in [0, 0.05) is 23.7 Å². The molecule has 0 spiro atoms. The molecule has 5 aliphatic rings. The number of rotatable bonds is 11. The topological polar surface area (TPSA) is 198 Å². The minimum absolute atomic E-state index is 0.00807. The van der Waals surface area contributed by atoms with Crippen LogP contribution in [-0.2, 0) is 38.1 Å². The second kappa shape index (κ2) is 15.8. The lowest BCUT2D eigenvalue weighted by Gasteiger charge is -2.64. The third kappa shape index (κ3) is 8.18. The van der Waals surface area contributed by atoms with Gasteiger partial charge in [-0.2, -0.15) is 0 Å². The molecule has 4 unspecified atom stereocenters. The molecule has 5 N–H and O–H groups in total. The van der Waals surface area contributed by atoms with Crippen LogP contribution in [0.1, 0.15) is 140 Å². The highest BCUT2D eigenvalue weighted by atomic mass is 16.6. The van der Waals surface area contributed by atoms with Crippen LogP contribution in [0.2, 0.25) is 0 Å². The fourth-order valence-electron chi connectivity index (χ4n) is 12.5. The van der Waals surface area contributed by atoms with E-state index >= 15 is 0 Å². The number of aliphatic hydroxyl groups is 4. The zero-order valence-corrected chi connectivity index (χ0v) is 36.4. The Balaban J connectivity index is 1.41. The van der Waals surface area contributed by atoms with Crippen molar-refractivity contribution in [2.45, 2.75) is 188 Å². The summed E-state index contributed by atoms with van der Waals surface area (Å²) < 4.78 is 23.0. The quantitative estimate of drug-likeness (QED) is 0.108. The number of carbonyl (C=O) groups is 4. The van der Waals surface area contributed by atoms with Crippen molar-refractivity contribution in [1.82, 2.24) is 5.32 Å². The van der Waals surface area contributed by atoms with E-state index in [1.54, 1.807) is 27.7 Å². The van der Waals surface area contributed by atoms with E-state index in [9.17, 15) is 39.6 Å². The Hall–Kier alpha value is -2.58. The van der Waals surface area contributed by atoms with Gasteiger partial charge in [0.25, 0.3) is 0 Å². The number of methoxy groups -OCH3 is 1. The fourth-order valence-corrected chi connectivity index (χ4v) is 12.5. The van der Waals surface area contributed by atoms with Crippen molar-refractivity contribution >= 4 is 23.8 Å². The van der Waals surface area contributed by atoms with E-state index in [-0.39, 0.29) is 29.1 Å². The highest BCUT2D eigenvalue weighted by Crippen LogP contribution is 2.73. The molecule has 2 saturated carbocycles. The van der Waals surface area contributed by atoms with Crippen LogP contribution >= 0.6 is 0 Å². The SMILES string of the molecule is COC(=O)C(NC(=O)CC(C)(O)CC(=O)O[C@@H]1C[C@]2(C)C3=C(CCC2C(C)(C)[C@H]1OC(C)=O)[C@]1(C)CC[C@H]([C@H]2CC[C@H](C(C)(C)O)OC2O)[C@@]1(C)[C@@H](O)C3)C(C)C. The molecule has 13 heteroatoms. The summed E-state index contributed by atoms with van der Waals surface area (Å²) >= 11 is 0. The first kappa shape index (κ1) is 45.5. The lowest BCUT2D eigenvalue weighted by molar-refractivity contribution is -0.251. The lowest BCUT2D eigenvalue weighted by atomic mass is 9.42. The third-order valence-corrected chi connectivity index (χ3v) is 15.6. The zero-order chi connectivity index (χ0) is 42.8. The second-order valence-corrected chi connectivity index (χ2v) is 20.6. The molecular weight excluding hydrogens is 734 g/mol. The van der Waals surface area contributed by atoms with Crippen molar-refractivity contribution in [3.8, 4) is 0 Å². The summed E-state index contributed by atoms with van der Waals surface area (Å²) in [5, 5.41) is 48.2. The number of carbonyl (C=O) groups excluding carboxylic acids is 4. The Morgan fingerprint density at radius 3 is 2.14 bits per heavy atom. The highest BCUT2D eigenvalue weighted by Gasteiger charge is 2.68. The molecule has 1 amide bonds. The van der Waals surface area contributed by atoms with Gasteiger partial charge >= 0.3 is 17.9 Å². The van der Waals surface area contributed by atoms with Crippen molar-refractivity contribution in [2.75, 3.05) is 7.11 Å². The molecule has 3 fully saturated rings. The Kier molecular flexibility index (Phi) is 12.6. The van der Waals surface area contributed by atoms with E-state index in [4.69, 9.17) is 18.9 Å². The largest absolute Gasteiger partial charge is 0.467 e. The van der Waals surface area contributed by atoms with Gasteiger partial charge in [-0.15, -0.1) is 0 Å². The summed E-state index contributed by atoms with van der Waals surface area (Å²) in [6.07, 6.45) is 0.419. The van der Waals surface area contributed by atoms with E-state index in [0.29, 0.717) is 25.7 Å². The molecule has 57 heavy (non-hydrogen) atoms. The van der Waals surface area contributed by atoms with Gasteiger partial charge < -0.3 is 44.7 Å². The number of aliphatic hydroxyl groups excluding tert-OH is 2. The number of fused-ring (bicyclic) bond motifs is 4. The summed E-state index contributed by atoms with van der Waals surface area (Å²) in [6, 6.07) is -0.920. The fraction of sp³-hybridized carbons (Fsp3) is 0.864. The molecule has 1 aliphatic heterocycles. The molecule has 13 nitrogen and oxygen atoms in total. The molecule has 0 aromatic carbocycles. The van der Waals surface area contributed by atoms with Gasteiger partial charge in [0.2, 0.25) is 5.91 Å². The number of hydrogen-bond acceptors (Lipinski definition) is 12. The van der Waals surface area contributed by atoms with E-state index in [1.165, 1.54) is 32.1 Å². The monoisotopic (exact) mass is 805 g/mol. The van der Waals surface area contributed by atoms with E-state index in [0.717, 1.165) is 25.7 Å². The van der Waals surface area contributed by atoms with Gasteiger partial charge in [-0.05, 0) is 101 Å². The molecule has 0 aromatic rings. The smallest absolute Gasteiger partial charge is 0.328 e. The summed E-state index contributed by atoms with van der Waals surface area (Å²) in [4.78, 5) is 51.5. The van der Waals surface area contributed by atoms with Gasteiger partial charge in [0.1, 0.15) is 18.2 Å². The third-order valence-electron chi connectivity index (χ3n) is 15.6. The molecule has 13 atom stereocenters. The first-order valence-corrected chi connectivity index (χ1v) is 21.1. The first-order chi connectivity index (χ1) is 26.1. The zero-order valence-electron chi connectivity index (χ0n) is 36.4. The number of nitrogens with one attached hydrogen (secondary N) is 1. The minimum Gasteiger partial charge on any atom is -0.467 e. The Bertz CT molecular complexity index is 1600. The van der Waals surface area contributed by atoms with Crippen molar-refractivity contribution < 1.29 is 58.6 Å². The van der Waals surface area contributed by atoms with Gasteiger partial charge in [-0.1, -0.05) is 59.6 Å². The van der Waals surface area contributed by atoms with Crippen molar-refractivity contribution in [2.24, 2.45) is 45.3 Å². The average Bonchev–Trinajstić information content (AvgIpc) is 3.36. The van der Waals surface area contributed by atoms with Gasteiger partial charge in [-0.25, -0.2) is 4.79 Å². The lowest BCUT2D eigenvalue weighted by Crippen LogP contribution is -2.63. The molecule has 4 aliphatic carbocycles. The summed E-state index contributed by atoms with van der Waals surface area (Å²) in [7, 11) is 1.23. The van der Waals surface area contributed by atoms with Crippen LogP contribution in [0.25, 0.3) is 0 Å². The Morgan fingerprint density at radius 1 is 0.930 bits per heavy atom. The predicted octanol–water partition coefficient (Wildman–Crippen LogP) is 4.89. The van der Waals surface area contributed by atoms with Gasteiger partial charge in [0.15, 0.2) is 6.29 Å². The van der Waals surface area contributed by atoms with Crippen LogP contribution < -0.4 is 5.32 Å². The van der Waals surface area contributed by atoms with Crippen LogP contribution in [0.4, 0.5) is 0 Å². The number of allylic oxidation sites excluding steroid dienone is 1.